The van der Waals surface area contributed by atoms with Crippen LogP contribution in [0.25, 0.3) is 0 Å². The molecule has 3 nitrogen and oxygen atoms in total. The summed E-state index contributed by atoms with van der Waals surface area (Å²) >= 11 is 0. The third-order valence-corrected chi connectivity index (χ3v) is 2.85. The Morgan fingerprint density at radius 1 is 1.13 bits per heavy atom. The van der Waals surface area contributed by atoms with Crippen molar-refractivity contribution in [2.75, 3.05) is 0 Å². The maximum absolute atomic E-state index is 5.58. The first-order valence-electron chi connectivity index (χ1n) is 6.09. The van der Waals surface area contributed by atoms with Crippen molar-refractivity contribution in [1.82, 2.24) is 5.43 Å². The molecule has 1 aliphatic rings. The summed E-state index contributed by atoms with van der Waals surface area (Å²) in [6.45, 7) is 6.34. The molecule has 0 amide bonds. The molecule has 0 aromatic carbocycles. The van der Waals surface area contributed by atoms with Gasteiger partial charge in [0.1, 0.15) is 5.84 Å². The maximum Gasteiger partial charge on any atom is 0.114 e. The van der Waals surface area contributed by atoms with Gasteiger partial charge in [-0.25, -0.2) is 5.84 Å². The molecular formula is C12H25N3. The van der Waals surface area contributed by atoms with Gasteiger partial charge >= 0.3 is 0 Å². The first-order chi connectivity index (χ1) is 7.03. The second-order valence-electron chi connectivity index (χ2n) is 5.50. The largest absolute Gasteiger partial charge is 0.312 e. The minimum Gasteiger partial charge on any atom is -0.312 e. The molecule has 0 aliphatic heterocycles. The minimum atomic E-state index is -0.0337. The van der Waals surface area contributed by atoms with Gasteiger partial charge in [-0.15, -0.1) is 0 Å². The maximum atomic E-state index is 5.58. The highest BCUT2D eigenvalue weighted by Gasteiger charge is 2.19. The zero-order valence-electron chi connectivity index (χ0n) is 10.3. The molecule has 88 valence electrons. The van der Waals surface area contributed by atoms with Crippen molar-refractivity contribution in [3.05, 3.63) is 0 Å². The molecule has 1 rings (SSSR count). The second-order valence-corrected chi connectivity index (χ2v) is 5.50. The van der Waals surface area contributed by atoms with E-state index in [1.807, 2.05) is 0 Å². The lowest BCUT2D eigenvalue weighted by Crippen LogP contribution is -2.38. The van der Waals surface area contributed by atoms with Crippen molar-refractivity contribution in [2.45, 2.75) is 64.8 Å². The van der Waals surface area contributed by atoms with Crippen molar-refractivity contribution in [1.29, 1.82) is 0 Å². The molecule has 0 radical (unpaired) electrons. The molecule has 3 heteroatoms. The molecule has 0 unspecified atom stereocenters. The molecule has 0 spiro atoms. The summed E-state index contributed by atoms with van der Waals surface area (Å²) in [7, 11) is 0. The van der Waals surface area contributed by atoms with Gasteiger partial charge in [0.25, 0.3) is 0 Å². The number of hydrogen-bond acceptors (Lipinski definition) is 2. The molecule has 0 saturated heterocycles. The van der Waals surface area contributed by atoms with E-state index in [2.05, 4.69) is 31.2 Å². The lowest BCUT2D eigenvalue weighted by Gasteiger charge is -2.21. The fraction of sp³-hybridized carbons (Fsp3) is 0.917. The van der Waals surface area contributed by atoms with E-state index in [1.165, 1.54) is 38.5 Å². The van der Waals surface area contributed by atoms with Crippen molar-refractivity contribution in [3.8, 4) is 0 Å². The van der Waals surface area contributed by atoms with Gasteiger partial charge in [-0.3, -0.25) is 4.99 Å². The Hall–Kier alpha value is -0.570. The topological polar surface area (TPSA) is 50.4 Å². The average Bonchev–Trinajstić information content (AvgIpc) is 2.40. The van der Waals surface area contributed by atoms with Crippen LogP contribution in [0.1, 0.15) is 59.3 Å². The highest BCUT2D eigenvalue weighted by Crippen LogP contribution is 2.24. The predicted octanol–water partition coefficient (Wildman–Crippen LogP) is 2.62. The van der Waals surface area contributed by atoms with Crippen LogP contribution in [0.5, 0.6) is 0 Å². The number of hydrazine groups is 1. The summed E-state index contributed by atoms with van der Waals surface area (Å²) in [5.41, 5.74) is 2.77. The normalized spacial score (nSPS) is 21.2. The first-order valence-corrected chi connectivity index (χ1v) is 6.09. The van der Waals surface area contributed by atoms with Gasteiger partial charge in [0, 0.05) is 5.92 Å². The van der Waals surface area contributed by atoms with E-state index in [-0.39, 0.29) is 5.54 Å². The van der Waals surface area contributed by atoms with Gasteiger partial charge in [-0.2, -0.15) is 0 Å². The van der Waals surface area contributed by atoms with Crippen LogP contribution in [0.4, 0.5) is 0 Å². The lowest BCUT2D eigenvalue weighted by atomic mass is 9.98. The Balaban J connectivity index is 2.67. The number of rotatable bonds is 1. The second kappa shape index (κ2) is 5.50. The summed E-state index contributed by atoms with van der Waals surface area (Å²) in [4.78, 5) is 4.67. The molecule has 0 aromatic heterocycles. The number of hydrogen-bond donors (Lipinski definition) is 2. The number of nitrogens with one attached hydrogen (secondary N) is 1. The average molecular weight is 211 g/mol. The van der Waals surface area contributed by atoms with Crippen molar-refractivity contribution in [3.63, 3.8) is 0 Å². The van der Waals surface area contributed by atoms with Crippen LogP contribution in [-0.2, 0) is 0 Å². The van der Waals surface area contributed by atoms with Crippen LogP contribution < -0.4 is 11.3 Å². The van der Waals surface area contributed by atoms with Gasteiger partial charge < -0.3 is 5.43 Å². The van der Waals surface area contributed by atoms with Gasteiger partial charge in [0.15, 0.2) is 0 Å². The molecule has 0 aromatic rings. The smallest absolute Gasteiger partial charge is 0.114 e. The van der Waals surface area contributed by atoms with Crippen molar-refractivity contribution >= 4 is 5.84 Å². The summed E-state index contributed by atoms with van der Waals surface area (Å²) in [5, 5.41) is 0. The molecule has 1 fully saturated rings. The van der Waals surface area contributed by atoms with Crippen LogP contribution in [0.2, 0.25) is 0 Å². The van der Waals surface area contributed by atoms with E-state index in [1.54, 1.807) is 0 Å². The summed E-state index contributed by atoms with van der Waals surface area (Å²) in [5.74, 6) is 7.14. The van der Waals surface area contributed by atoms with Crippen molar-refractivity contribution < 1.29 is 0 Å². The van der Waals surface area contributed by atoms with E-state index >= 15 is 0 Å². The molecule has 15 heavy (non-hydrogen) atoms. The Morgan fingerprint density at radius 3 is 2.07 bits per heavy atom. The summed E-state index contributed by atoms with van der Waals surface area (Å²) in [6.07, 6.45) is 7.83. The highest BCUT2D eigenvalue weighted by molar-refractivity contribution is 5.84. The van der Waals surface area contributed by atoms with Crippen LogP contribution >= 0.6 is 0 Å². The van der Waals surface area contributed by atoms with E-state index in [9.17, 15) is 0 Å². The molecule has 0 bridgehead atoms. The Kier molecular flexibility index (Phi) is 4.58. The Morgan fingerprint density at radius 2 is 1.67 bits per heavy atom. The fourth-order valence-electron chi connectivity index (χ4n) is 2.16. The SMILES string of the molecule is CC(C)(C)N=C(NN)C1CCCCCC1. The number of nitrogens with two attached hydrogens (primary N) is 1. The molecule has 0 heterocycles. The molecular weight excluding hydrogens is 186 g/mol. The molecule has 1 saturated carbocycles. The molecule has 0 atom stereocenters. The third-order valence-electron chi connectivity index (χ3n) is 2.85. The standard InChI is InChI=1S/C12H25N3/c1-12(2,3)14-11(15-13)10-8-6-4-5-7-9-10/h10H,4-9,13H2,1-3H3,(H,14,15). The van der Waals surface area contributed by atoms with Crippen molar-refractivity contribution in [2.24, 2.45) is 16.8 Å². The first kappa shape index (κ1) is 12.5. The van der Waals surface area contributed by atoms with E-state index in [0.29, 0.717) is 5.92 Å². The van der Waals surface area contributed by atoms with Gasteiger partial charge in [-0.05, 0) is 33.6 Å². The monoisotopic (exact) mass is 211 g/mol. The Bertz CT molecular complexity index is 207. The fourth-order valence-corrected chi connectivity index (χ4v) is 2.16. The third kappa shape index (κ3) is 4.65. The number of aliphatic imine (C=N–C) groups is 1. The minimum absolute atomic E-state index is 0.0337. The van der Waals surface area contributed by atoms with Gasteiger partial charge in [0.05, 0.1) is 5.54 Å². The predicted molar refractivity (Wildman–Crippen MR) is 65.7 cm³/mol. The highest BCUT2D eigenvalue weighted by atomic mass is 15.3. The number of nitrogens with zero attached hydrogens (tertiary/aromatic N) is 1. The summed E-state index contributed by atoms with van der Waals surface area (Å²) < 4.78 is 0. The van der Waals surface area contributed by atoms with E-state index in [4.69, 9.17) is 5.84 Å². The van der Waals surface area contributed by atoms with Gasteiger partial charge in [0.2, 0.25) is 0 Å². The summed E-state index contributed by atoms with van der Waals surface area (Å²) in [6, 6.07) is 0. The van der Waals surface area contributed by atoms with Gasteiger partial charge in [-0.1, -0.05) is 25.7 Å². The Labute approximate surface area is 93.5 Å². The lowest BCUT2D eigenvalue weighted by molar-refractivity contribution is 0.534. The zero-order chi connectivity index (χ0) is 11.3. The molecule has 3 N–H and O–H groups in total. The van der Waals surface area contributed by atoms with Crippen LogP contribution in [0.3, 0.4) is 0 Å². The van der Waals surface area contributed by atoms with Crippen LogP contribution in [0, 0.1) is 5.92 Å². The quantitative estimate of drug-likeness (QED) is 0.230. The number of amidine groups is 1. The van der Waals surface area contributed by atoms with Crippen LogP contribution in [0.15, 0.2) is 4.99 Å². The zero-order valence-corrected chi connectivity index (χ0v) is 10.3. The van der Waals surface area contributed by atoms with E-state index < -0.39 is 0 Å². The van der Waals surface area contributed by atoms with Crippen LogP contribution in [-0.4, -0.2) is 11.4 Å². The molecule has 1 aliphatic carbocycles. The van der Waals surface area contributed by atoms with E-state index in [0.717, 1.165) is 5.84 Å².